The Balaban J connectivity index is 2.39. The molecule has 0 radical (unpaired) electrons. The molecule has 0 saturated heterocycles. The Hall–Kier alpha value is -2.48. The molecule has 1 aromatic carbocycles. The zero-order valence-electron chi connectivity index (χ0n) is 10.5. The molecule has 0 aliphatic heterocycles. The Labute approximate surface area is 114 Å². The average Bonchev–Trinajstić information content (AvgIpc) is 2.39. The lowest BCUT2D eigenvalue weighted by atomic mass is 10.1. The Morgan fingerprint density at radius 2 is 1.90 bits per heavy atom. The Kier molecular flexibility index (Phi) is 5.60. The first-order chi connectivity index (χ1) is 9.40. The maximum absolute atomic E-state index is 11.5. The zero-order valence-corrected chi connectivity index (χ0v) is 10.5. The third-order valence-corrected chi connectivity index (χ3v) is 2.54. The van der Waals surface area contributed by atoms with Gasteiger partial charge in [0, 0.05) is 25.1 Å². The molecule has 0 aliphatic rings. The summed E-state index contributed by atoms with van der Waals surface area (Å²) in [5.41, 5.74) is 0.547. The number of hydrogen-bond acceptors (Lipinski definition) is 5. The van der Waals surface area contributed by atoms with Gasteiger partial charge >= 0.3 is 5.97 Å². The third-order valence-electron chi connectivity index (χ3n) is 2.54. The Morgan fingerprint density at radius 3 is 2.40 bits per heavy atom. The van der Waals surface area contributed by atoms with E-state index in [4.69, 9.17) is 10.2 Å². The number of aliphatic hydroxyl groups excluding tert-OH is 1. The first-order valence-electron chi connectivity index (χ1n) is 5.81. The largest absolute Gasteiger partial charge is 0.479 e. The second-order valence-corrected chi connectivity index (χ2v) is 4.09. The quantitative estimate of drug-likeness (QED) is 0.480. The summed E-state index contributed by atoms with van der Waals surface area (Å²) in [7, 11) is 0. The molecule has 3 N–H and O–H groups in total. The summed E-state index contributed by atoms with van der Waals surface area (Å²) in [5, 5.41) is 30.3. The van der Waals surface area contributed by atoms with Crippen LogP contribution in [0, 0.1) is 10.1 Å². The molecule has 0 unspecified atom stereocenters. The van der Waals surface area contributed by atoms with E-state index in [9.17, 15) is 19.7 Å². The first-order valence-corrected chi connectivity index (χ1v) is 5.81. The van der Waals surface area contributed by atoms with Gasteiger partial charge in [0.1, 0.15) is 0 Å². The standard InChI is InChI=1S/C12H14N2O6/c15-10(12(17)18)5-6-13-11(16)7-8-1-3-9(4-2-8)14(19)20/h1-4,10,15H,5-7H2,(H,13,16)(H,17,18)/t10-/m0/s1. The topological polar surface area (TPSA) is 130 Å². The van der Waals surface area contributed by atoms with Gasteiger partial charge in [0.15, 0.2) is 6.10 Å². The molecule has 8 nitrogen and oxygen atoms in total. The number of non-ortho nitro benzene ring substituents is 1. The van der Waals surface area contributed by atoms with Crippen molar-refractivity contribution in [3.8, 4) is 0 Å². The van der Waals surface area contributed by atoms with E-state index >= 15 is 0 Å². The van der Waals surface area contributed by atoms with Gasteiger partial charge < -0.3 is 15.5 Å². The van der Waals surface area contributed by atoms with Crippen LogP contribution in [0.15, 0.2) is 24.3 Å². The number of carbonyl (C=O) groups excluding carboxylic acids is 1. The van der Waals surface area contributed by atoms with Crippen molar-refractivity contribution in [1.29, 1.82) is 0 Å². The number of amides is 1. The maximum atomic E-state index is 11.5. The van der Waals surface area contributed by atoms with Crippen LogP contribution >= 0.6 is 0 Å². The highest BCUT2D eigenvalue weighted by atomic mass is 16.6. The molecule has 1 rings (SSSR count). The van der Waals surface area contributed by atoms with Crippen molar-refractivity contribution in [2.45, 2.75) is 18.9 Å². The molecule has 0 spiro atoms. The SMILES string of the molecule is O=C(Cc1ccc([N+](=O)[O-])cc1)NCC[C@H](O)C(=O)O. The molecule has 1 amide bonds. The van der Waals surface area contributed by atoms with E-state index in [1.807, 2.05) is 0 Å². The Bertz CT molecular complexity index is 499. The lowest BCUT2D eigenvalue weighted by molar-refractivity contribution is -0.384. The lowest BCUT2D eigenvalue weighted by Crippen LogP contribution is -2.30. The highest BCUT2D eigenvalue weighted by Gasteiger charge is 2.13. The van der Waals surface area contributed by atoms with E-state index in [2.05, 4.69) is 5.32 Å². The molecule has 8 heteroatoms. The van der Waals surface area contributed by atoms with Crippen molar-refractivity contribution in [2.24, 2.45) is 0 Å². The molecule has 20 heavy (non-hydrogen) atoms. The van der Waals surface area contributed by atoms with Crippen LogP contribution in [-0.2, 0) is 16.0 Å². The minimum absolute atomic E-state index is 0.0289. The van der Waals surface area contributed by atoms with Gasteiger partial charge in [-0.1, -0.05) is 12.1 Å². The summed E-state index contributed by atoms with van der Waals surface area (Å²) in [6.45, 7) is 0.0410. The van der Waals surface area contributed by atoms with Gasteiger partial charge in [-0.3, -0.25) is 14.9 Å². The summed E-state index contributed by atoms with van der Waals surface area (Å²) in [6, 6.07) is 5.56. The molecule has 0 heterocycles. The number of nitrogens with zero attached hydrogens (tertiary/aromatic N) is 1. The van der Waals surface area contributed by atoms with Crippen LogP contribution in [-0.4, -0.2) is 39.7 Å². The molecular formula is C12H14N2O6. The van der Waals surface area contributed by atoms with Crippen LogP contribution in [0.1, 0.15) is 12.0 Å². The minimum atomic E-state index is -1.50. The van der Waals surface area contributed by atoms with Gasteiger partial charge in [-0.2, -0.15) is 0 Å². The normalized spacial score (nSPS) is 11.7. The van der Waals surface area contributed by atoms with Crippen molar-refractivity contribution in [1.82, 2.24) is 5.32 Å². The first kappa shape index (κ1) is 15.6. The van der Waals surface area contributed by atoms with Gasteiger partial charge in [-0.05, 0) is 5.56 Å². The van der Waals surface area contributed by atoms with Gasteiger partial charge in [-0.25, -0.2) is 4.79 Å². The molecular weight excluding hydrogens is 268 g/mol. The van der Waals surface area contributed by atoms with Crippen LogP contribution < -0.4 is 5.32 Å². The molecule has 0 fully saturated rings. The maximum Gasteiger partial charge on any atom is 0.332 e. The highest BCUT2D eigenvalue weighted by molar-refractivity contribution is 5.78. The predicted octanol–water partition coefficient (Wildman–Crippen LogP) is 0.0891. The monoisotopic (exact) mass is 282 g/mol. The van der Waals surface area contributed by atoms with Crippen molar-refractivity contribution in [3.05, 3.63) is 39.9 Å². The van der Waals surface area contributed by atoms with E-state index in [0.717, 1.165) is 0 Å². The fraction of sp³-hybridized carbons (Fsp3) is 0.333. The molecule has 108 valence electrons. The second kappa shape index (κ2) is 7.19. The van der Waals surface area contributed by atoms with Gasteiger partial charge in [-0.15, -0.1) is 0 Å². The minimum Gasteiger partial charge on any atom is -0.479 e. The fourth-order valence-electron chi connectivity index (χ4n) is 1.46. The number of nitro benzene ring substituents is 1. The number of nitro groups is 1. The number of aliphatic carboxylic acids is 1. The van der Waals surface area contributed by atoms with Crippen LogP contribution in [0.4, 0.5) is 5.69 Å². The highest BCUT2D eigenvalue weighted by Crippen LogP contribution is 2.12. The number of benzene rings is 1. The zero-order chi connectivity index (χ0) is 15.1. The van der Waals surface area contributed by atoms with Crippen molar-refractivity contribution in [2.75, 3.05) is 6.54 Å². The van der Waals surface area contributed by atoms with Gasteiger partial charge in [0.05, 0.1) is 11.3 Å². The molecule has 1 aromatic rings. The molecule has 0 aromatic heterocycles. The van der Waals surface area contributed by atoms with Crippen molar-refractivity contribution in [3.63, 3.8) is 0 Å². The summed E-state index contributed by atoms with van der Waals surface area (Å²) in [5.74, 6) is -1.69. The van der Waals surface area contributed by atoms with Crippen LogP contribution in [0.25, 0.3) is 0 Å². The molecule has 0 bridgehead atoms. The summed E-state index contributed by atoms with van der Waals surface area (Å²) >= 11 is 0. The van der Waals surface area contributed by atoms with E-state index in [1.54, 1.807) is 0 Å². The number of aliphatic hydroxyl groups is 1. The van der Waals surface area contributed by atoms with Crippen LogP contribution in [0.3, 0.4) is 0 Å². The number of carboxylic acids is 1. The van der Waals surface area contributed by atoms with E-state index in [0.29, 0.717) is 5.56 Å². The second-order valence-electron chi connectivity index (χ2n) is 4.09. The number of carbonyl (C=O) groups is 2. The summed E-state index contributed by atoms with van der Waals surface area (Å²) in [6.07, 6.45) is -1.56. The molecule has 1 atom stereocenters. The number of hydrogen-bond donors (Lipinski definition) is 3. The average molecular weight is 282 g/mol. The van der Waals surface area contributed by atoms with Crippen LogP contribution in [0.5, 0.6) is 0 Å². The number of rotatable bonds is 7. The molecule has 0 aliphatic carbocycles. The van der Waals surface area contributed by atoms with Crippen molar-refractivity contribution < 1.29 is 24.7 Å². The van der Waals surface area contributed by atoms with Crippen molar-refractivity contribution >= 4 is 17.6 Å². The fourth-order valence-corrected chi connectivity index (χ4v) is 1.46. The van der Waals surface area contributed by atoms with Gasteiger partial charge in [0.25, 0.3) is 5.69 Å². The van der Waals surface area contributed by atoms with E-state index < -0.39 is 17.0 Å². The molecule has 0 saturated carbocycles. The van der Waals surface area contributed by atoms with E-state index in [-0.39, 0.29) is 31.0 Å². The summed E-state index contributed by atoms with van der Waals surface area (Å²) in [4.78, 5) is 31.8. The van der Waals surface area contributed by atoms with Gasteiger partial charge in [0.2, 0.25) is 5.91 Å². The Morgan fingerprint density at radius 1 is 1.30 bits per heavy atom. The predicted molar refractivity (Wildman–Crippen MR) is 68.1 cm³/mol. The lowest BCUT2D eigenvalue weighted by Gasteiger charge is -2.07. The van der Waals surface area contributed by atoms with Crippen LogP contribution in [0.2, 0.25) is 0 Å². The number of carboxylic acid groups (broad SMARTS) is 1. The van der Waals surface area contributed by atoms with E-state index in [1.165, 1.54) is 24.3 Å². The smallest absolute Gasteiger partial charge is 0.332 e. The number of nitrogens with one attached hydrogen (secondary N) is 1. The summed E-state index contributed by atoms with van der Waals surface area (Å²) < 4.78 is 0. The third kappa shape index (κ3) is 5.02.